The highest BCUT2D eigenvalue weighted by Crippen LogP contribution is 2.26. The van der Waals surface area contributed by atoms with Crippen LogP contribution in [0.5, 0.6) is 11.5 Å². The average molecular weight is 417 g/mol. The van der Waals surface area contributed by atoms with Crippen LogP contribution in [0.4, 0.5) is 11.4 Å². The molecule has 0 unspecified atom stereocenters. The van der Waals surface area contributed by atoms with Crippen molar-refractivity contribution < 1.29 is 14.3 Å². The first-order valence-corrected chi connectivity index (χ1v) is 10.3. The zero-order valence-corrected chi connectivity index (χ0v) is 16.8. The molecule has 4 rings (SSSR count). The third-order valence-electron chi connectivity index (χ3n) is 4.25. The summed E-state index contributed by atoms with van der Waals surface area (Å²) in [5.74, 6) is 0.968. The van der Waals surface area contributed by atoms with Gasteiger partial charge in [-0.05, 0) is 48.5 Å². The highest BCUT2D eigenvalue weighted by Gasteiger charge is 2.32. The predicted octanol–water partition coefficient (Wildman–Crippen LogP) is 4.73. The number of nitrogens with zero attached hydrogens (tertiary/aromatic N) is 1. The van der Waals surface area contributed by atoms with Crippen LogP contribution in [0.25, 0.3) is 0 Å². The summed E-state index contributed by atoms with van der Waals surface area (Å²) < 4.78 is 5.74. The molecule has 1 aliphatic rings. The fourth-order valence-corrected chi connectivity index (χ4v) is 3.81. The number of para-hydroxylation sites is 2. The number of hydrogen-bond acceptors (Lipinski definition) is 5. The van der Waals surface area contributed by atoms with Crippen molar-refractivity contribution in [3.63, 3.8) is 0 Å². The maximum Gasteiger partial charge on any atom is 0.240 e. The number of amidine groups is 1. The summed E-state index contributed by atoms with van der Waals surface area (Å²) in [5, 5.41) is 5.55. The second-order valence-corrected chi connectivity index (χ2v) is 7.73. The van der Waals surface area contributed by atoms with Crippen LogP contribution in [-0.2, 0) is 9.59 Å². The molecule has 6 nitrogen and oxygen atoms in total. The third-order valence-corrected chi connectivity index (χ3v) is 5.33. The quantitative estimate of drug-likeness (QED) is 0.608. The normalized spacial score (nSPS) is 16.9. The third kappa shape index (κ3) is 5.27. The Morgan fingerprint density at radius 2 is 1.57 bits per heavy atom. The summed E-state index contributed by atoms with van der Waals surface area (Å²) in [6.45, 7) is 0. The molecule has 30 heavy (non-hydrogen) atoms. The maximum atomic E-state index is 12.4. The minimum absolute atomic E-state index is 0.0621. The van der Waals surface area contributed by atoms with E-state index in [9.17, 15) is 9.59 Å². The molecule has 2 amide bonds. The van der Waals surface area contributed by atoms with Gasteiger partial charge in [-0.3, -0.25) is 9.59 Å². The van der Waals surface area contributed by atoms with E-state index in [1.54, 1.807) is 24.3 Å². The number of rotatable bonds is 6. The molecule has 3 aromatic rings. The number of amides is 2. The number of aliphatic imine (C=N–C) groups is 1. The minimum atomic E-state index is -0.506. The molecule has 0 saturated carbocycles. The molecule has 0 aliphatic carbocycles. The van der Waals surface area contributed by atoms with E-state index in [2.05, 4.69) is 15.6 Å². The molecule has 7 heteroatoms. The summed E-state index contributed by atoms with van der Waals surface area (Å²) in [5.41, 5.74) is 1.39. The van der Waals surface area contributed by atoms with Gasteiger partial charge in [0, 0.05) is 12.1 Å². The van der Waals surface area contributed by atoms with Crippen molar-refractivity contribution in [2.45, 2.75) is 11.7 Å². The Morgan fingerprint density at radius 3 is 2.27 bits per heavy atom. The van der Waals surface area contributed by atoms with Crippen molar-refractivity contribution in [1.29, 1.82) is 0 Å². The van der Waals surface area contributed by atoms with E-state index in [1.807, 2.05) is 60.7 Å². The molecule has 0 bridgehead atoms. The summed E-state index contributed by atoms with van der Waals surface area (Å²) in [6, 6.07) is 25.9. The van der Waals surface area contributed by atoms with Crippen molar-refractivity contribution in [1.82, 2.24) is 5.32 Å². The number of benzene rings is 3. The first-order chi connectivity index (χ1) is 14.7. The molecular weight excluding hydrogens is 398 g/mol. The number of anilines is 1. The Morgan fingerprint density at radius 1 is 0.933 bits per heavy atom. The van der Waals surface area contributed by atoms with Gasteiger partial charge in [-0.25, -0.2) is 4.99 Å². The fraction of sp³-hybridized carbons (Fsp3) is 0.0870. The van der Waals surface area contributed by atoms with Crippen molar-refractivity contribution in [2.24, 2.45) is 4.99 Å². The fourth-order valence-electron chi connectivity index (χ4n) is 2.82. The van der Waals surface area contributed by atoms with Crippen LogP contribution >= 0.6 is 11.8 Å². The lowest BCUT2D eigenvalue weighted by atomic mass is 10.2. The largest absolute Gasteiger partial charge is 0.457 e. The van der Waals surface area contributed by atoms with Crippen molar-refractivity contribution >= 4 is 40.1 Å². The SMILES string of the molecule is O=C(C[C@H]1SC(=Nc2ccccc2)NC1=O)Nc1ccc(Oc2ccccc2)cc1. The Balaban J connectivity index is 1.31. The van der Waals surface area contributed by atoms with Gasteiger partial charge in [0.1, 0.15) is 16.7 Å². The second kappa shape index (κ2) is 9.28. The number of hydrogen-bond donors (Lipinski definition) is 2. The van der Waals surface area contributed by atoms with Gasteiger partial charge in [-0.15, -0.1) is 0 Å². The number of carbonyl (C=O) groups is 2. The summed E-state index contributed by atoms with van der Waals surface area (Å²) in [6.07, 6.45) is 0.0621. The van der Waals surface area contributed by atoms with E-state index in [1.165, 1.54) is 11.8 Å². The molecule has 0 aromatic heterocycles. The Labute approximate surface area is 178 Å². The van der Waals surface area contributed by atoms with Gasteiger partial charge in [-0.1, -0.05) is 48.2 Å². The van der Waals surface area contributed by atoms with Crippen LogP contribution in [0, 0.1) is 0 Å². The van der Waals surface area contributed by atoms with E-state index in [0.717, 1.165) is 11.4 Å². The molecule has 1 atom stereocenters. The molecule has 1 fully saturated rings. The summed E-state index contributed by atoms with van der Waals surface area (Å²) in [4.78, 5) is 28.9. The number of ether oxygens (including phenoxy) is 1. The first kappa shape index (κ1) is 19.7. The van der Waals surface area contributed by atoms with Crippen LogP contribution in [0.3, 0.4) is 0 Å². The molecule has 0 spiro atoms. The summed E-state index contributed by atoms with van der Waals surface area (Å²) >= 11 is 1.26. The van der Waals surface area contributed by atoms with Gasteiger partial charge < -0.3 is 15.4 Å². The number of carbonyl (C=O) groups excluding carboxylic acids is 2. The lowest BCUT2D eigenvalue weighted by Gasteiger charge is -2.09. The molecular formula is C23H19N3O3S. The highest BCUT2D eigenvalue weighted by atomic mass is 32.2. The zero-order chi connectivity index (χ0) is 20.8. The molecule has 1 heterocycles. The Bertz CT molecular complexity index is 1050. The predicted molar refractivity (Wildman–Crippen MR) is 119 cm³/mol. The molecule has 0 radical (unpaired) electrons. The van der Waals surface area contributed by atoms with Gasteiger partial charge >= 0.3 is 0 Å². The molecule has 150 valence electrons. The monoisotopic (exact) mass is 417 g/mol. The van der Waals surface area contributed by atoms with E-state index in [4.69, 9.17) is 4.74 Å². The first-order valence-electron chi connectivity index (χ1n) is 9.40. The van der Waals surface area contributed by atoms with Gasteiger partial charge in [0.15, 0.2) is 5.17 Å². The highest BCUT2D eigenvalue weighted by molar-refractivity contribution is 8.15. The lowest BCUT2D eigenvalue weighted by Crippen LogP contribution is -2.28. The Kier molecular flexibility index (Phi) is 6.10. The molecule has 1 saturated heterocycles. The van der Waals surface area contributed by atoms with Gasteiger partial charge in [0.25, 0.3) is 0 Å². The Hall–Kier alpha value is -3.58. The lowest BCUT2D eigenvalue weighted by molar-refractivity contribution is -0.122. The molecule has 3 aromatic carbocycles. The van der Waals surface area contributed by atoms with Gasteiger partial charge in [-0.2, -0.15) is 0 Å². The molecule has 2 N–H and O–H groups in total. The zero-order valence-electron chi connectivity index (χ0n) is 15.9. The van der Waals surface area contributed by atoms with Crippen molar-refractivity contribution in [3.05, 3.63) is 84.9 Å². The van der Waals surface area contributed by atoms with Crippen LogP contribution in [0.15, 0.2) is 89.9 Å². The van der Waals surface area contributed by atoms with Crippen LogP contribution in [0.2, 0.25) is 0 Å². The second-order valence-electron chi connectivity index (χ2n) is 6.54. The smallest absolute Gasteiger partial charge is 0.240 e. The average Bonchev–Trinajstić information content (AvgIpc) is 3.09. The van der Waals surface area contributed by atoms with E-state index < -0.39 is 5.25 Å². The summed E-state index contributed by atoms with van der Waals surface area (Å²) in [7, 11) is 0. The molecule has 1 aliphatic heterocycles. The van der Waals surface area contributed by atoms with Gasteiger partial charge in [0.2, 0.25) is 11.8 Å². The van der Waals surface area contributed by atoms with Gasteiger partial charge in [0.05, 0.1) is 5.69 Å². The van der Waals surface area contributed by atoms with Crippen LogP contribution < -0.4 is 15.4 Å². The number of nitrogens with one attached hydrogen (secondary N) is 2. The van der Waals surface area contributed by atoms with E-state index in [0.29, 0.717) is 16.6 Å². The number of thioether (sulfide) groups is 1. The minimum Gasteiger partial charge on any atom is -0.457 e. The van der Waals surface area contributed by atoms with Crippen LogP contribution in [0.1, 0.15) is 6.42 Å². The maximum absolute atomic E-state index is 12.4. The van der Waals surface area contributed by atoms with Crippen molar-refractivity contribution in [3.8, 4) is 11.5 Å². The topological polar surface area (TPSA) is 79.8 Å². The van der Waals surface area contributed by atoms with Crippen LogP contribution in [-0.4, -0.2) is 22.2 Å². The van der Waals surface area contributed by atoms with E-state index in [-0.39, 0.29) is 18.2 Å². The van der Waals surface area contributed by atoms with Crippen molar-refractivity contribution in [2.75, 3.05) is 5.32 Å². The standard InChI is InChI=1S/C23H19N3O3S/c27-21(15-20-22(28)26-23(30-20)25-16-7-3-1-4-8-16)24-17-11-13-19(14-12-17)29-18-9-5-2-6-10-18/h1-14,20H,15H2,(H,24,27)(H,25,26,28)/t20-/m1/s1. The van der Waals surface area contributed by atoms with E-state index >= 15 is 0 Å².